The largest absolute Gasteiger partial charge is 0.479 e. The van der Waals surface area contributed by atoms with E-state index in [-0.39, 0.29) is 5.91 Å². The number of aliphatic carboxylic acids is 1. The molecule has 0 spiro atoms. The molecule has 1 aromatic rings. The molecule has 1 saturated heterocycles. The predicted molar refractivity (Wildman–Crippen MR) is 82.1 cm³/mol. The lowest BCUT2D eigenvalue weighted by molar-refractivity contribution is -0.155. The van der Waals surface area contributed by atoms with Crippen LogP contribution in [-0.4, -0.2) is 39.7 Å². The van der Waals surface area contributed by atoms with Gasteiger partial charge in [0.1, 0.15) is 5.54 Å². The molecule has 20 heavy (non-hydrogen) atoms. The fourth-order valence-electron chi connectivity index (χ4n) is 2.69. The van der Waals surface area contributed by atoms with E-state index in [0.717, 1.165) is 12.2 Å². The second-order valence-electron chi connectivity index (χ2n) is 4.91. The Morgan fingerprint density at radius 3 is 2.95 bits per heavy atom. The third kappa shape index (κ3) is 3.01. The zero-order valence-electron chi connectivity index (χ0n) is 11.5. The maximum Gasteiger partial charge on any atom is 0.329 e. The van der Waals surface area contributed by atoms with Gasteiger partial charge in [0, 0.05) is 17.2 Å². The molecule has 1 amide bonds. The molecule has 110 valence electrons. The lowest BCUT2D eigenvalue weighted by Gasteiger charge is -2.33. The summed E-state index contributed by atoms with van der Waals surface area (Å²) in [5.41, 5.74) is -0.972. The SMILES string of the molecule is CCC1(C(=O)O)CCCN1C(=O)CSCc1cccs1. The minimum absolute atomic E-state index is 0.0479. The van der Waals surface area contributed by atoms with Crippen molar-refractivity contribution in [1.82, 2.24) is 4.90 Å². The summed E-state index contributed by atoms with van der Waals surface area (Å²) in [6.45, 7) is 2.41. The van der Waals surface area contributed by atoms with Crippen molar-refractivity contribution in [2.75, 3.05) is 12.3 Å². The van der Waals surface area contributed by atoms with Gasteiger partial charge >= 0.3 is 5.97 Å². The van der Waals surface area contributed by atoms with Gasteiger partial charge in [-0.1, -0.05) is 13.0 Å². The highest BCUT2D eigenvalue weighted by molar-refractivity contribution is 7.99. The number of carboxylic acids is 1. The van der Waals surface area contributed by atoms with Crippen molar-refractivity contribution in [3.05, 3.63) is 22.4 Å². The first-order chi connectivity index (χ1) is 9.60. The molecule has 2 rings (SSSR count). The van der Waals surface area contributed by atoms with Gasteiger partial charge in [-0.25, -0.2) is 4.79 Å². The first-order valence-electron chi connectivity index (χ1n) is 6.74. The second-order valence-corrected chi connectivity index (χ2v) is 6.93. The van der Waals surface area contributed by atoms with E-state index >= 15 is 0 Å². The molecule has 1 atom stereocenters. The van der Waals surface area contributed by atoms with Crippen molar-refractivity contribution in [1.29, 1.82) is 0 Å². The molecule has 1 aliphatic heterocycles. The number of carboxylic acid groups (broad SMARTS) is 1. The maximum absolute atomic E-state index is 12.3. The summed E-state index contributed by atoms with van der Waals surface area (Å²) in [4.78, 5) is 26.6. The number of thioether (sulfide) groups is 1. The van der Waals surface area contributed by atoms with Gasteiger partial charge in [-0.05, 0) is 30.7 Å². The van der Waals surface area contributed by atoms with Crippen LogP contribution in [0, 0.1) is 0 Å². The van der Waals surface area contributed by atoms with E-state index in [1.807, 2.05) is 24.4 Å². The molecule has 6 heteroatoms. The third-order valence-electron chi connectivity index (χ3n) is 3.82. The number of carbonyl (C=O) groups excluding carboxylic acids is 1. The highest BCUT2D eigenvalue weighted by atomic mass is 32.2. The molecular formula is C14H19NO3S2. The van der Waals surface area contributed by atoms with Crippen LogP contribution >= 0.6 is 23.1 Å². The number of hydrogen-bond donors (Lipinski definition) is 1. The van der Waals surface area contributed by atoms with Crippen LogP contribution in [-0.2, 0) is 15.3 Å². The zero-order valence-corrected chi connectivity index (χ0v) is 13.1. The molecule has 1 aliphatic rings. The molecule has 0 radical (unpaired) electrons. The number of likely N-dealkylation sites (tertiary alicyclic amines) is 1. The maximum atomic E-state index is 12.3. The lowest BCUT2D eigenvalue weighted by atomic mass is 9.93. The molecular weight excluding hydrogens is 294 g/mol. The van der Waals surface area contributed by atoms with E-state index in [1.165, 1.54) is 4.88 Å². The molecule has 0 bridgehead atoms. The lowest BCUT2D eigenvalue weighted by Crippen LogP contribution is -2.53. The molecule has 1 aromatic heterocycles. The van der Waals surface area contributed by atoms with Gasteiger partial charge in [-0.15, -0.1) is 23.1 Å². The summed E-state index contributed by atoms with van der Waals surface area (Å²) in [6, 6.07) is 4.04. The van der Waals surface area contributed by atoms with E-state index < -0.39 is 11.5 Å². The van der Waals surface area contributed by atoms with E-state index in [4.69, 9.17) is 0 Å². The Bertz CT molecular complexity index is 475. The van der Waals surface area contributed by atoms with Crippen LogP contribution in [0.1, 0.15) is 31.1 Å². The first kappa shape index (κ1) is 15.4. The van der Waals surface area contributed by atoms with Crippen LogP contribution in [0.2, 0.25) is 0 Å². The van der Waals surface area contributed by atoms with Gasteiger partial charge in [0.15, 0.2) is 0 Å². The average Bonchev–Trinajstić information content (AvgIpc) is 3.07. The molecule has 1 fully saturated rings. The van der Waals surface area contributed by atoms with Crippen LogP contribution in [0.3, 0.4) is 0 Å². The summed E-state index contributed by atoms with van der Waals surface area (Å²) < 4.78 is 0. The Kier molecular flexibility index (Phi) is 5.10. The molecule has 1 unspecified atom stereocenters. The van der Waals surface area contributed by atoms with E-state index in [1.54, 1.807) is 28.0 Å². The summed E-state index contributed by atoms with van der Waals surface area (Å²) in [5.74, 6) is 0.249. The molecule has 4 nitrogen and oxygen atoms in total. The number of rotatable bonds is 6. The van der Waals surface area contributed by atoms with Crippen LogP contribution in [0.25, 0.3) is 0 Å². The van der Waals surface area contributed by atoms with Crippen molar-refractivity contribution >= 4 is 35.0 Å². The number of thiophene rings is 1. The quantitative estimate of drug-likeness (QED) is 0.877. The van der Waals surface area contributed by atoms with Crippen molar-refractivity contribution in [3.8, 4) is 0 Å². The normalized spacial score (nSPS) is 22.1. The van der Waals surface area contributed by atoms with Crippen molar-refractivity contribution in [2.45, 2.75) is 37.5 Å². The summed E-state index contributed by atoms with van der Waals surface area (Å²) >= 11 is 3.23. The van der Waals surface area contributed by atoms with Crippen molar-refractivity contribution < 1.29 is 14.7 Å². The molecule has 0 aliphatic carbocycles. The molecule has 1 N–H and O–H groups in total. The second kappa shape index (κ2) is 6.63. The van der Waals surface area contributed by atoms with Crippen LogP contribution in [0.5, 0.6) is 0 Å². The van der Waals surface area contributed by atoms with E-state index in [2.05, 4.69) is 0 Å². The van der Waals surface area contributed by atoms with Crippen molar-refractivity contribution in [2.24, 2.45) is 0 Å². The van der Waals surface area contributed by atoms with Gasteiger partial charge in [0.2, 0.25) is 5.91 Å². The summed E-state index contributed by atoms with van der Waals surface area (Å²) in [6.07, 6.45) is 1.82. The van der Waals surface area contributed by atoms with Crippen molar-refractivity contribution in [3.63, 3.8) is 0 Å². The highest BCUT2D eigenvalue weighted by Gasteiger charge is 2.48. The number of hydrogen-bond acceptors (Lipinski definition) is 4. The minimum Gasteiger partial charge on any atom is -0.479 e. The van der Waals surface area contributed by atoms with Gasteiger partial charge in [-0.3, -0.25) is 4.79 Å². The number of carbonyl (C=O) groups is 2. The highest BCUT2D eigenvalue weighted by Crippen LogP contribution is 2.33. The smallest absolute Gasteiger partial charge is 0.329 e. The van der Waals surface area contributed by atoms with Crippen LogP contribution < -0.4 is 0 Å². The average molecular weight is 313 g/mol. The van der Waals surface area contributed by atoms with Crippen LogP contribution in [0.4, 0.5) is 0 Å². The minimum atomic E-state index is -0.972. The van der Waals surface area contributed by atoms with Gasteiger partial charge in [-0.2, -0.15) is 0 Å². The van der Waals surface area contributed by atoms with E-state index in [0.29, 0.717) is 25.1 Å². The molecule has 0 saturated carbocycles. The van der Waals surface area contributed by atoms with Gasteiger partial charge in [0.05, 0.1) is 5.75 Å². The Hall–Kier alpha value is -1.01. The topological polar surface area (TPSA) is 57.6 Å². The molecule has 0 aromatic carbocycles. The Morgan fingerprint density at radius 2 is 2.35 bits per heavy atom. The number of nitrogens with zero attached hydrogens (tertiary/aromatic N) is 1. The zero-order chi connectivity index (χ0) is 14.6. The summed E-state index contributed by atoms with van der Waals surface area (Å²) in [7, 11) is 0. The summed E-state index contributed by atoms with van der Waals surface area (Å²) in [5, 5.41) is 11.5. The standard InChI is InChI=1S/C14H19NO3S2/c1-2-14(13(17)18)6-4-7-15(14)12(16)10-19-9-11-5-3-8-20-11/h3,5,8H,2,4,6-7,9-10H2,1H3,(H,17,18). The third-order valence-corrected chi connectivity index (χ3v) is 5.85. The fraction of sp³-hybridized carbons (Fsp3) is 0.571. The van der Waals surface area contributed by atoms with Gasteiger partial charge in [0.25, 0.3) is 0 Å². The Morgan fingerprint density at radius 1 is 1.55 bits per heavy atom. The fourth-order valence-corrected chi connectivity index (χ4v) is 4.44. The van der Waals surface area contributed by atoms with Crippen LogP contribution in [0.15, 0.2) is 17.5 Å². The van der Waals surface area contributed by atoms with E-state index in [9.17, 15) is 14.7 Å². The first-order valence-corrected chi connectivity index (χ1v) is 8.77. The molecule has 2 heterocycles. The predicted octanol–water partition coefficient (Wildman–Crippen LogP) is 2.84. The monoisotopic (exact) mass is 313 g/mol. The number of amides is 1. The Labute approximate surface area is 127 Å². The van der Waals surface area contributed by atoms with Gasteiger partial charge < -0.3 is 10.0 Å². The Balaban J connectivity index is 1.92.